The number of benzene rings is 2. The molecule has 27 heavy (non-hydrogen) atoms. The molecule has 136 valence electrons. The van der Waals surface area contributed by atoms with E-state index in [4.69, 9.17) is 0 Å². The van der Waals surface area contributed by atoms with E-state index in [0.717, 1.165) is 23.7 Å². The van der Waals surface area contributed by atoms with Gasteiger partial charge in [-0.2, -0.15) is 5.10 Å². The van der Waals surface area contributed by atoms with Crippen molar-refractivity contribution in [3.05, 3.63) is 65.4 Å². The van der Waals surface area contributed by atoms with Gasteiger partial charge >= 0.3 is 0 Å². The normalized spacial score (nSPS) is 19.6. The molecule has 1 atom stereocenters. The van der Waals surface area contributed by atoms with Crippen LogP contribution >= 0.6 is 0 Å². The predicted octanol–water partition coefficient (Wildman–Crippen LogP) is 2.06. The smallest absolute Gasteiger partial charge is 0.272 e. The summed E-state index contributed by atoms with van der Waals surface area (Å²) in [6.45, 7) is 0.561. The molecule has 0 spiro atoms. The average Bonchev–Trinajstić information content (AvgIpc) is 3.37. The van der Waals surface area contributed by atoms with Gasteiger partial charge in [-0.15, -0.1) is 0 Å². The second-order valence-electron chi connectivity index (χ2n) is 7.37. The largest absolute Gasteiger partial charge is 0.346 e. The van der Waals surface area contributed by atoms with Gasteiger partial charge in [-0.05, 0) is 30.0 Å². The average molecular weight is 360 g/mol. The van der Waals surface area contributed by atoms with E-state index in [9.17, 15) is 9.59 Å². The summed E-state index contributed by atoms with van der Waals surface area (Å²) >= 11 is 0. The first kappa shape index (κ1) is 16.1. The van der Waals surface area contributed by atoms with Crippen molar-refractivity contribution >= 4 is 22.7 Å². The van der Waals surface area contributed by atoms with Crippen LogP contribution in [0.5, 0.6) is 0 Å². The Morgan fingerprint density at radius 3 is 2.52 bits per heavy atom. The molecular weight excluding hydrogens is 340 g/mol. The topological polar surface area (TPSA) is 78.1 Å². The van der Waals surface area contributed by atoms with Crippen LogP contribution in [0, 0.1) is 0 Å². The number of hydrogen-bond acceptors (Lipinski definition) is 3. The van der Waals surface area contributed by atoms with Gasteiger partial charge < -0.3 is 10.2 Å². The molecule has 2 heterocycles. The minimum Gasteiger partial charge on any atom is -0.346 e. The molecule has 6 heteroatoms. The summed E-state index contributed by atoms with van der Waals surface area (Å²) in [5, 5.41) is 10.8. The van der Waals surface area contributed by atoms with Gasteiger partial charge in [-0.3, -0.25) is 14.7 Å². The third kappa shape index (κ3) is 2.77. The van der Waals surface area contributed by atoms with E-state index >= 15 is 0 Å². The van der Waals surface area contributed by atoms with E-state index in [1.807, 2.05) is 41.3 Å². The van der Waals surface area contributed by atoms with Crippen molar-refractivity contribution in [3.8, 4) is 0 Å². The predicted molar refractivity (Wildman–Crippen MR) is 101 cm³/mol. The summed E-state index contributed by atoms with van der Waals surface area (Å²) in [6, 6.07) is 15.9. The summed E-state index contributed by atoms with van der Waals surface area (Å²) in [6.07, 6.45) is 2.14. The van der Waals surface area contributed by atoms with Crippen molar-refractivity contribution in [2.45, 2.75) is 31.3 Å². The third-order valence-corrected chi connectivity index (χ3v) is 5.65. The molecule has 1 aliphatic carbocycles. The summed E-state index contributed by atoms with van der Waals surface area (Å²) in [5.41, 5.74) is 3.86. The first-order valence-corrected chi connectivity index (χ1v) is 9.29. The Balaban J connectivity index is 1.28. The molecule has 1 aliphatic heterocycles. The Hall–Kier alpha value is -3.15. The van der Waals surface area contributed by atoms with E-state index in [0.29, 0.717) is 18.7 Å². The molecule has 2 amide bonds. The molecule has 6 nitrogen and oxygen atoms in total. The molecule has 0 bridgehead atoms. The quantitative estimate of drug-likeness (QED) is 0.750. The van der Waals surface area contributed by atoms with E-state index in [2.05, 4.69) is 27.6 Å². The van der Waals surface area contributed by atoms with Crippen LogP contribution < -0.4 is 5.32 Å². The molecule has 1 aromatic heterocycles. The number of nitrogens with one attached hydrogen (secondary N) is 2. The van der Waals surface area contributed by atoms with Crippen LogP contribution in [0.3, 0.4) is 0 Å². The highest BCUT2D eigenvalue weighted by atomic mass is 16.2. The van der Waals surface area contributed by atoms with Crippen LogP contribution in [0.1, 0.15) is 28.0 Å². The van der Waals surface area contributed by atoms with Gasteiger partial charge in [0.2, 0.25) is 5.91 Å². The zero-order valence-corrected chi connectivity index (χ0v) is 14.8. The number of fused-ring (bicyclic) bond motifs is 2. The summed E-state index contributed by atoms with van der Waals surface area (Å²) in [5.74, 6) is -0.119. The number of H-pyrrole nitrogens is 1. The first-order valence-electron chi connectivity index (χ1n) is 9.29. The maximum Gasteiger partial charge on any atom is 0.272 e. The molecular formula is C21H20N4O2. The van der Waals surface area contributed by atoms with Crippen LogP contribution in [0.15, 0.2) is 48.5 Å². The Morgan fingerprint density at radius 1 is 1.04 bits per heavy atom. The Kier molecular flexibility index (Phi) is 3.70. The lowest BCUT2D eigenvalue weighted by atomic mass is 10.1. The van der Waals surface area contributed by atoms with Crippen molar-refractivity contribution in [1.82, 2.24) is 20.4 Å². The van der Waals surface area contributed by atoms with E-state index in [1.165, 1.54) is 11.1 Å². The molecule has 3 aromatic rings. The zero-order valence-electron chi connectivity index (χ0n) is 14.8. The second-order valence-corrected chi connectivity index (χ2v) is 7.37. The van der Waals surface area contributed by atoms with Gasteiger partial charge in [0.15, 0.2) is 5.69 Å². The maximum atomic E-state index is 12.7. The van der Waals surface area contributed by atoms with Gasteiger partial charge in [0.05, 0.1) is 11.6 Å². The molecule has 2 N–H and O–H groups in total. The molecule has 1 fully saturated rings. The Morgan fingerprint density at radius 2 is 1.74 bits per heavy atom. The van der Waals surface area contributed by atoms with E-state index < -0.39 is 0 Å². The summed E-state index contributed by atoms with van der Waals surface area (Å²) in [4.78, 5) is 27.2. The van der Waals surface area contributed by atoms with Crippen LogP contribution in [0.4, 0.5) is 0 Å². The highest BCUT2D eigenvalue weighted by Crippen LogP contribution is 2.28. The van der Waals surface area contributed by atoms with Crippen molar-refractivity contribution < 1.29 is 9.59 Å². The number of hydrogen-bond donors (Lipinski definition) is 2. The maximum absolute atomic E-state index is 12.7. The minimum absolute atomic E-state index is 0.116. The number of aromatic amines is 1. The minimum atomic E-state index is -0.234. The Labute approximate surface area is 156 Å². The fourth-order valence-electron chi connectivity index (χ4n) is 4.33. The number of carbonyl (C=O) groups excluding carboxylic acids is 2. The number of carbonyl (C=O) groups is 2. The second kappa shape index (κ2) is 6.23. The molecule has 0 radical (unpaired) electrons. The van der Waals surface area contributed by atoms with Crippen LogP contribution in [0.2, 0.25) is 0 Å². The Bertz CT molecular complexity index is 1020. The molecule has 2 aliphatic rings. The lowest BCUT2D eigenvalue weighted by Crippen LogP contribution is -2.41. The number of amides is 2. The van der Waals surface area contributed by atoms with Gasteiger partial charge in [0, 0.05) is 24.4 Å². The first-order chi connectivity index (χ1) is 13.2. The number of likely N-dealkylation sites (tertiary alicyclic amines) is 1. The fourth-order valence-corrected chi connectivity index (χ4v) is 4.33. The van der Waals surface area contributed by atoms with Crippen molar-refractivity contribution in [3.63, 3.8) is 0 Å². The number of aromatic nitrogens is 2. The molecule has 5 rings (SSSR count). The van der Waals surface area contributed by atoms with E-state index in [-0.39, 0.29) is 23.9 Å². The zero-order chi connectivity index (χ0) is 18.4. The van der Waals surface area contributed by atoms with Gasteiger partial charge in [-0.1, -0.05) is 42.5 Å². The van der Waals surface area contributed by atoms with Gasteiger partial charge in [-0.25, -0.2) is 0 Å². The lowest BCUT2D eigenvalue weighted by Gasteiger charge is -2.24. The standard InChI is InChI=1S/C21H20N4O2/c26-19-11-15(12-25(19)16-9-13-5-1-2-6-14(13)10-16)22-21(27)20-17-7-3-4-8-18(17)23-24-20/h1-8,15-16H,9-12H2,(H,22,27)(H,23,24)/t15-/m0/s1. The molecule has 2 aromatic carbocycles. The summed E-state index contributed by atoms with van der Waals surface area (Å²) in [7, 11) is 0. The molecule has 0 saturated carbocycles. The summed E-state index contributed by atoms with van der Waals surface area (Å²) < 4.78 is 0. The van der Waals surface area contributed by atoms with Crippen LogP contribution in [-0.4, -0.2) is 45.5 Å². The van der Waals surface area contributed by atoms with Crippen molar-refractivity contribution in [2.75, 3.05) is 6.54 Å². The third-order valence-electron chi connectivity index (χ3n) is 5.65. The SMILES string of the molecule is O=C(N[C@H]1CC(=O)N(C2Cc3ccccc3C2)C1)c1n[nH]c2ccccc12. The van der Waals surface area contributed by atoms with Gasteiger partial charge in [0.1, 0.15) is 0 Å². The van der Waals surface area contributed by atoms with Gasteiger partial charge in [0.25, 0.3) is 5.91 Å². The highest BCUT2D eigenvalue weighted by Gasteiger charge is 2.37. The number of para-hydroxylation sites is 1. The van der Waals surface area contributed by atoms with Crippen molar-refractivity contribution in [2.24, 2.45) is 0 Å². The van der Waals surface area contributed by atoms with Crippen LogP contribution in [-0.2, 0) is 17.6 Å². The number of rotatable bonds is 3. The molecule has 0 unspecified atom stereocenters. The van der Waals surface area contributed by atoms with Crippen LogP contribution in [0.25, 0.3) is 10.9 Å². The fraction of sp³-hybridized carbons (Fsp3) is 0.286. The monoisotopic (exact) mass is 360 g/mol. The lowest BCUT2D eigenvalue weighted by molar-refractivity contribution is -0.129. The van der Waals surface area contributed by atoms with E-state index in [1.54, 1.807) is 0 Å². The molecule has 1 saturated heterocycles. The number of nitrogens with zero attached hydrogens (tertiary/aromatic N) is 2. The highest BCUT2D eigenvalue weighted by molar-refractivity contribution is 6.05. The van der Waals surface area contributed by atoms with Crippen molar-refractivity contribution in [1.29, 1.82) is 0 Å².